The molecule has 0 aliphatic heterocycles. The summed E-state index contributed by atoms with van der Waals surface area (Å²) in [6, 6.07) is 9.57. The molecule has 1 unspecified atom stereocenters. The largest absolute Gasteiger partial charge is 0.396 e. The molecule has 0 heterocycles. The van der Waals surface area contributed by atoms with Gasteiger partial charge in [-0.15, -0.1) is 11.6 Å². The zero-order chi connectivity index (χ0) is 11.1. The Bertz CT molecular complexity index is 303. The van der Waals surface area contributed by atoms with E-state index in [1.165, 1.54) is 0 Å². The van der Waals surface area contributed by atoms with Gasteiger partial charge in [0.1, 0.15) is 5.88 Å². The highest BCUT2D eigenvalue weighted by Gasteiger charge is 2.10. The van der Waals surface area contributed by atoms with Crippen LogP contribution in [0.3, 0.4) is 0 Å². The van der Waals surface area contributed by atoms with Crippen molar-refractivity contribution in [1.82, 2.24) is 5.32 Å². The van der Waals surface area contributed by atoms with Gasteiger partial charge < -0.3 is 10.4 Å². The third-order valence-corrected chi connectivity index (χ3v) is 2.40. The maximum absolute atomic E-state index is 10.9. The van der Waals surface area contributed by atoms with E-state index < -0.39 is 0 Å². The SMILES string of the molecule is O=C(CCl)NCC(CO)c1ccccc1. The van der Waals surface area contributed by atoms with Gasteiger partial charge in [-0.05, 0) is 5.56 Å². The van der Waals surface area contributed by atoms with Crippen LogP contribution in [0.1, 0.15) is 11.5 Å². The van der Waals surface area contributed by atoms with Crippen LogP contribution >= 0.6 is 11.6 Å². The molecule has 0 aliphatic rings. The molecule has 1 atom stereocenters. The fraction of sp³-hybridized carbons (Fsp3) is 0.364. The second kappa shape index (κ2) is 6.43. The minimum atomic E-state index is -0.217. The summed E-state index contributed by atoms with van der Waals surface area (Å²) in [6.07, 6.45) is 0. The summed E-state index contributed by atoms with van der Waals surface area (Å²) in [5, 5.41) is 11.8. The van der Waals surface area contributed by atoms with Crippen molar-refractivity contribution in [2.45, 2.75) is 5.92 Å². The average Bonchev–Trinajstić information content (AvgIpc) is 2.31. The Morgan fingerprint density at radius 3 is 2.60 bits per heavy atom. The summed E-state index contributed by atoms with van der Waals surface area (Å²) >= 11 is 5.35. The number of carbonyl (C=O) groups excluding carboxylic acids is 1. The normalized spacial score (nSPS) is 12.1. The highest BCUT2D eigenvalue weighted by molar-refractivity contribution is 6.27. The molecule has 15 heavy (non-hydrogen) atoms. The molecule has 3 nitrogen and oxygen atoms in total. The van der Waals surface area contributed by atoms with Crippen molar-refractivity contribution in [3.63, 3.8) is 0 Å². The molecule has 1 aromatic rings. The number of hydrogen-bond acceptors (Lipinski definition) is 2. The summed E-state index contributed by atoms with van der Waals surface area (Å²) in [5.41, 5.74) is 1.01. The molecular weight excluding hydrogens is 214 g/mol. The molecule has 0 aliphatic carbocycles. The fourth-order valence-electron chi connectivity index (χ4n) is 1.30. The van der Waals surface area contributed by atoms with Gasteiger partial charge in [-0.25, -0.2) is 0 Å². The first-order chi connectivity index (χ1) is 7.27. The Balaban J connectivity index is 2.53. The number of rotatable bonds is 5. The number of aliphatic hydroxyl groups excluding tert-OH is 1. The van der Waals surface area contributed by atoms with Crippen LogP contribution in [0.5, 0.6) is 0 Å². The molecule has 1 rings (SSSR count). The third kappa shape index (κ3) is 3.90. The molecule has 4 heteroatoms. The van der Waals surface area contributed by atoms with E-state index in [1.54, 1.807) is 0 Å². The van der Waals surface area contributed by atoms with Crippen LogP contribution in [-0.4, -0.2) is 30.0 Å². The summed E-state index contributed by atoms with van der Waals surface area (Å²) in [4.78, 5) is 10.9. The lowest BCUT2D eigenvalue weighted by molar-refractivity contribution is -0.118. The van der Waals surface area contributed by atoms with E-state index in [4.69, 9.17) is 11.6 Å². The number of halogens is 1. The molecule has 0 aromatic heterocycles. The summed E-state index contributed by atoms with van der Waals surface area (Å²) in [5.74, 6) is -0.336. The molecule has 0 bridgehead atoms. The van der Waals surface area contributed by atoms with E-state index in [0.717, 1.165) is 5.56 Å². The standard InChI is InChI=1S/C11H14ClNO2/c12-6-11(15)13-7-10(8-14)9-4-2-1-3-5-9/h1-5,10,14H,6-8H2,(H,13,15). The van der Waals surface area contributed by atoms with Crippen LogP contribution in [-0.2, 0) is 4.79 Å². The lowest BCUT2D eigenvalue weighted by Crippen LogP contribution is -2.30. The van der Waals surface area contributed by atoms with Gasteiger partial charge in [-0.2, -0.15) is 0 Å². The van der Waals surface area contributed by atoms with Gasteiger partial charge in [-0.3, -0.25) is 4.79 Å². The van der Waals surface area contributed by atoms with Crippen molar-refractivity contribution >= 4 is 17.5 Å². The van der Waals surface area contributed by atoms with Gasteiger partial charge in [0.2, 0.25) is 5.91 Å². The first kappa shape index (κ1) is 12.0. The molecule has 1 amide bonds. The highest BCUT2D eigenvalue weighted by Crippen LogP contribution is 2.13. The van der Waals surface area contributed by atoms with Gasteiger partial charge in [0.05, 0.1) is 6.61 Å². The maximum Gasteiger partial charge on any atom is 0.234 e. The van der Waals surface area contributed by atoms with Crippen molar-refractivity contribution in [3.05, 3.63) is 35.9 Å². The van der Waals surface area contributed by atoms with Crippen LogP contribution in [0.4, 0.5) is 0 Å². The Morgan fingerprint density at radius 1 is 1.40 bits per heavy atom. The van der Waals surface area contributed by atoms with Crippen LogP contribution in [0.15, 0.2) is 30.3 Å². The van der Waals surface area contributed by atoms with Crippen LogP contribution in [0.25, 0.3) is 0 Å². The molecule has 0 saturated carbocycles. The molecule has 2 N–H and O–H groups in total. The summed E-state index contributed by atoms with van der Waals surface area (Å²) < 4.78 is 0. The highest BCUT2D eigenvalue weighted by atomic mass is 35.5. The number of benzene rings is 1. The van der Waals surface area contributed by atoms with Crippen LogP contribution in [0.2, 0.25) is 0 Å². The number of carbonyl (C=O) groups is 1. The number of hydrogen-bond donors (Lipinski definition) is 2. The molecule has 0 radical (unpaired) electrons. The van der Waals surface area contributed by atoms with Gasteiger partial charge in [0, 0.05) is 12.5 Å². The van der Waals surface area contributed by atoms with Crippen molar-refractivity contribution in [3.8, 4) is 0 Å². The van der Waals surface area contributed by atoms with E-state index in [2.05, 4.69) is 5.32 Å². The summed E-state index contributed by atoms with van der Waals surface area (Å²) in [6.45, 7) is 0.415. The van der Waals surface area contributed by atoms with Crippen molar-refractivity contribution in [1.29, 1.82) is 0 Å². The van der Waals surface area contributed by atoms with Crippen molar-refractivity contribution in [2.24, 2.45) is 0 Å². The van der Waals surface area contributed by atoms with E-state index in [-0.39, 0.29) is 24.3 Å². The molecule has 0 fully saturated rings. The first-order valence-corrected chi connectivity index (χ1v) is 5.30. The lowest BCUT2D eigenvalue weighted by Gasteiger charge is -2.14. The first-order valence-electron chi connectivity index (χ1n) is 4.76. The number of nitrogens with one attached hydrogen (secondary N) is 1. The average molecular weight is 228 g/mol. The molecule has 0 saturated heterocycles. The second-order valence-corrected chi connectivity index (χ2v) is 3.50. The maximum atomic E-state index is 10.9. The zero-order valence-electron chi connectivity index (χ0n) is 8.32. The van der Waals surface area contributed by atoms with E-state index >= 15 is 0 Å². The quantitative estimate of drug-likeness (QED) is 0.741. The predicted molar refractivity (Wildman–Crippen MR) is 60.0 cm³/mol. The smallest absolute Gasteiger partial charge is 0.234 e. The predicted octanol–water partition coefficient (Wildman–Crippen LogP) is 1.12. The number of amides is 1. The minimum absolute atomic E-state index is 0.00653. The molecule has 82 valence electrons. The second-order valence-electron chi connectivity index (χ2n) is 3.23. The molecular formula is C11H14ClNO2. The number of alkyl halides is 1. The van der Waals surface area contributed by atoms with E-state index in [0.29, 0.717) is 6.54 Å². The van der Waals surface area contributed by atoms with Gasteiger partial charge in [0.25, 0.3) is 0 Å². The third-order valence-electron chi connectivity index (χ3n) is 2.16. The molecule has 0 spiro atoms. The van der Waals surface area contributed by atoms with Gasteiger partial charge in [-0.1, -0.05) is 30.3 Å². The number of aliphatic hydroxyl groups is 1. The fourth-order valence-corrected chi connectivity index (χ4v) is 1.39. The molecule has 1 aromatic carbocycles. The Kier molecular flexibility index (Phi) is 5.15. The van der Waals surface area contributed by atoms with Crippen molar-refractivity contribution in [2.75, 3.05) is 19.0 Å². The van der Waals surface area contributed by atoms with Gasteiger partial charge >= 0.3 is 0 Å². The van der Waals surface area contributed by atoms with Gasteiger partial charge in [0.15, 0.2) is 0 Å². The monoisotopic (exact) mass is 227 g/mol. The van der Waals surface area contributed by atoms with E-state index in [1.807, 2.05) is 30.3 Å². The zero-order valence-corrected chi connectivity index (χ0v) is 9.07. The Hall–Kier alpha value is -1.06. The van der Waals surface area contributed by atoms with Crippen molar-refractivity contribution < 1.29 is 9.90 Å². The Labute approximate surface area is 94.1 Å². The Morgan fingerprint density at radius 2 is 2.07 bits per heavy atom. The van der Waals surface area contributed by atoms with E-state index in [9.17, 15) is 9.90 Å². The summed E-state index contributed by atoms with van der Waals surface area (Å²) in [7, 11) is 0. The topological polar surface area (TPSA) is 49.3 Å². The lowest BCUT2D eigenvalue weighted by atomic mass is 10.0. The van der Waals surface area contributed by atoms with Crippen LogP contribution in [0, 0.1) is 0 Å². The van der Waals surface area contributed by atoms with Crippen LogP contribution < -0.4 is 5.32 Å². The minimum Gasteiger partial charge on any atom is -0.396 e.